The van der Waals surface area contributed by atoms with E-state index in [0.29, 0.717) is 0 Å². The fourth-order valence-electron chi connectivity index (χ4n) is 1.67. The maximum absolute atomic E-state index is 5.96. The Balaban J connectivity index is 2.92. The van der Waals surface area contributed by atoms with E-state index in [1.165, 1.54) is 0 Å². The highest BCUT2D eigenvalue weighted by Gasteiger charge is 2.12. The third-order valence-electron chi connectivity index (χ3n) is 2.83. The Morgan fingerprint density at radius 1 is 1.29 bits per heavy atom. The molecule has 0 amide bonds. The lowest BCUT2D eigenvalue weighted by atomic mass is 10.2. The van der Waals surface area contributed by atoms with E-state index in [9.17, 15) is 0 Å². The quantitative estimate of drug-likeness (QED) is 0.822. The van der Waals surface area contributed by atoms with Gasteiger partial charge in [-0.1, -0.05) is 6.92 Å². The molecule has 0 aliphatic rings. The van der Waals surface area contributed by atoms with Gasteiger partial charge in [0.05, 0.1) is 19.9 Å². The largest absolute Gasteiger partial charge is 0.497 e. The number of hydrogen-bond acceptors (Lipinski definition) is 4. The third kappa shape index (κ3) is 3.53. The van der Waals surface area contributed by atoms with Crippen LogP contribution in [0.2, 0.25) is 0 Å². The first-order valence-corrected chi connectivity index (χ1v) is 5.81. The number of likely N-dealkylation sites (N-methyl/N-ethyl adjacent to an activating group) is 1. The first-order valence-electron chi connectivity index (χ1n) is 5.81. The van der Waals surface area contributed by atoms with Crippen molar-refractivity contribution in [2.24, 2.45) is 5.73 Å². The van der Waals surface area contributed by atoms with Gasteiger partial charge < -0.3 is 20.1 Å². The minimum absolute atomic E-state index is 0.163. The molecular weight excluding hydrogens is 216 g/mol. The maximum Gasteiger partial charge on any atom is 0.142 e. The van der Waals surface area contributed by atoms with Crippen LogP contribution in [0.3, 0.4) is 0 Å². The first-order chi connectivity index (χ1) is 8.12. The van der Waals surface area contributed by atoms with Gasteiger partial charge in [-0.25, -0.2) is 0 Å². The van der Waals surface area contributed by atoms with E-state index in [-0.39, 0.29) is 6.04 Å². The van der Waals surface area contributed by atoms with Crippen molar-refractivity contribution in [1.29, 1.82) is 0 Å². The molecule has 0 aliphatic heterocycles. The SMILES string of the molecule is CCC(N)CN(C)c1cc(OC)ccc1OC. The average molecular weight is 238 g/mol. The van der Waals surface area contributed by atoms with Crippen molar-refractivity contribution in [2.75, 3.05) is 32.7 Å². The number of ether oxygens (including phenoxy) is 2. The number of nitrogens with zero attached hydrogens (tertiary/aromatic N) is 1. The van der Waals surface area contributed by atoms with Gasteiger partial charge in [-0.15, -0.1) is 0 Å². The van der Waals surface area contributed by atoms with Gasteiger partial charge in [0.15, 0.2) is 0 Å². The summed E-state index contributed by atoms with van der Waals surface area (Å²) in [4.78, 5) is 2.09. The fourth-order valence-corrected chi connectivity index (χ4v) is 1.67. The lowest BCUT2D eigenvalue weighted by Gasteiger charge is -2.24. The molecule has 1 unspecified atom stereocenters. The van der Waals surface area contributed by atoms with Crippen molar-refractivity contribution >= 4 is 5.69 Å². The normalized spacial score (nSPS) is 12.1. The number of rotatable bonds is 6. The summed E-state index contributed by atoms with van der Waals surface area (Å²) in [5.41, 5.74) is 6.96. The van der Waals surface area contributed by atoms with Crippen LogP contribution in [0, 0.1) is 0 Å². The van der Waals surface area contributed by atoms with Crippen LogP contribution in [0.4, 0.5) is 5.69 Å². The Kier molecular flexibility index (Phi) is 5.10. The van der Waals surface area contributed by atoms with Crippen LogP contribution in [-0.2, 0) is 0 Å². The highest BCUT2D eigenvalue weighted by atomic mass is 16.5. The fraction of sp³-hybridized carbons (Fsp3) is 0.538. The Labute approximate surface area is 103 Å². The van der Waals surface area contributed by atoms with Crippen molar-refractivity contribution in [3.8, 4) is 11.5 Å². The van der Waals surface area contributed by atoms with Gasteiger partial charge in [0.1, 0.15) is 11.5 Å². The van der Waals surface area contributed by atoms with E-state index < -0.39 is 0 Å². The van der Waals surface area contributed by atoms with Crippen LogP contribution >= 0.6 is 0 Å². The number of nitrogens with two attached hydrogens (primary N) is 1. The molecule has 96 valence electrons. The zero-order valence-electron chi connectivity index (χ0n) is 11.1. The van der Waals surface area contributed by atoms with Crippen molar-refractivity contribution in [3.05, 3.63) is 18.2 Å². The minimum Gasteiger partial charge on any atom is -0.497 e. The zero-order chi connectivity index (χ0) is 12.8. The van der Waals surface area contributed by atoms with E-state index in [4.69, 9.17) is 15.2 Å². The molecule has 0 bridgehead atoms. The molecule has 0 heterocycles. The Hall–Kier alpha value is -1.42. The Morgan fingerprint density at radius 3 is 2.53 bits per heavy atom. The van der Waals surface area contributed by atoms with Gasteiger partial charge in [0, 0.05) is 25.7 Å². The van der Waals surface area contributed by atoms with Gasteiger partial charge in [0.2, 0.25) is 0 Å². The molecule has 1 atom stereocenters. The number of methoxy groups -OCH3 is 2. The summed E-state index contributed by atoms with van der Waals surface area (Å²) in [5, 5.41) is 0. The van der Waals surface area contributed by atoms with Crippen LogP contribution in [0.15, 0.2) is 18.2 Å². The highest BCUT2D eigenvalue weighted by molar-refractivity contribution is 5.61. The second kappa shape index (κ2) is 6.35. The van der Waals surface area contributed by atoms with Crippen LogP contribution in [0.5, 0.6) is 11.5 Å². The molecule has 0 spiro atoms. The summed E-state index contributed by atoms with van der Waals surface area (Å²) in [6.45, 7) is 2.88. The third-order valence-corrected chi connectivity index (χ3v) is 2.83. The standard InChI is InChI=1S/C13H22N2O2/c1-5-10(14)9-15(2)12-8-11(16-3)6-7-13(12)17-4/h6-8,10H,5,9,14H2,1-4H3. The molecule has 1 rings (SSSR count). The van der Waals surface area contributed by atoms with Crippen LogP contribution in [-0.4, -0.2) is 33.9 Å². The molecular formula is C13H22N2O2. The van der Waals surface area contributed by atoms with Crippen molar-refractivity contribution < 1.29 is 9.47 Å². The summed E-state index contributed by atoms with van der Waals surface area (Å²) in [6, 6.07) is 5.91. The lowest BCUT2D eigenvalue weighted by molar-refractivity contribution is 0.403. The Bertz CT molecular complexity index is 355. The maximum atomic E-state index is 5.96. The summed E-state index contributed by atoms with van der Waals surface area (Å²) in [7, 11) is 5.33. The molecule has 4 nitrogen and oxygen atoms in total. The molecule has 0 aromatic heterocycles. The van der Waals surface area contributed by atoms with E-state index in [0.717, 1.165) is 30.2 Å². The molecule has 0 saturated carbocycles. The summed E-state index contributed by atoms with van der Waals surface area (Å²) >= 11 is 0. The topological polar surface area (TPSA) is 47.7 Å². The van der Waals surface area contributed by atoms with Crippen LogP contribution in [0.25, 0.3) is 0 Å². The average Bonchev–Trinajstić information content (AvgIpc) is 2.37. The van der Waals surface area contributed by atoms with Crippen LogP contribution < -0.4 is 20.1 Å². The Morgan fingerprint density at radius 2 is 2.00 bits per heavy atom. The number of hydrogen-bond donors (Lipinski definition) is 1. The summed E-state index contributed by atoms with van der Waals surface area (Å²) < 4.78 is 10.6. The predicted octanol–water partition coefficient (Wildman–Crippen LogP) is 1.88. The highest BCUT2D eigenvalue weighted by Crippen LogP contribution is 2.31. The van der Waals surface area contributed by atoms with Gasteiger partial charge in [-0.3, -0.25) is 0 Å². The summed E-state index contributed by atoms with van der Waals surface area (Å²) in [5.74, 6) is 1.65. The van der Waals surface area contributed by atoms with E-state index in [1.807, 2.05) is 25.2 Å². The summed E-state index contributed by atoms with van der Waals surface area (Å²) in [6.07, 6.45) is 0.955. The van der Waals surface area contributed by atoms with Crippen molar-refractivity contribution in [3.63, 3.8) is 0 Å². The number of anilines is 1. The minimum atomic E-state index is 0.163. The van der Waals surface area contributed by atoms with Gasteiger partial charge in [-0.2, -0.15) is 0 Å². The predicted molar refractivity (Wildman–Crippen MR) is 71.1 cm³/mol. The first kappa shape index (κ1) is 13.6. The van der Waals surface area contributed by atoms with Crippen molar-refractivity contribution in [1.82, 2.24) is 0 Å². The molecule has 2 N–H and O–H groups in total. The van der Waals surface area contributed by atoms with Crippen molar-refractivity contribution in [2.45, 2.75) is 19.4 Å². The molecule has 0 saturated heterocycles. The molecule has 0 aliphatic carbocycles. The molecule has 17 heavy (non-hydrogen) atoms. The molecule has 1 aromatic rings. The van der Waals surface area contributed by atoms with Gasteiger partial charge in [-0.05, 0) is 18.6 Å². The molecule has 0 radical (unpaired) electrons. The lowest BCUT2D eigenvalue weighted by Crippen LogP contribution is -2.34. The van der Waals surface area contributed by atoms with E-state index in [1.54, 1.807) is 14.2 Å². The van der Waals surface area contributed by atoms with E-state index >= 15 is 0 Å². The van der Waals surface area contributed by atoms with Gasteiger partial charge >= 0.3 is 0 Å². The second-order valence-electron chi connectivity index (χ2n) is 4.09. The zero-order valence-corrected chi connectivity index (χ0v) is 11.1. The molecule has 1 aromatic carbocycles. The smallest absolute Gasteiger partial charge is 0.142 e. The number of benzene rings is 1. The van der Waals surface area contributed by atoms with E-state index in [2.05, 4.69) is 11.8 Å². The second-order valence-corrected chi connectivity index (χ2v) is 4.09. The monoisotopic (exact) mass is 238 g/mol. The van der Waals surface area contributed by atoms with Gasteiger partial charge in [0.25, 0.3) is 0 Å². The molecule has 4 heteroatoms. The van der Waals surface area contributed by atoms with Crippen LogP contribution in [0.1, 0.15) is 13.3 Å². The molecule has 0 fully saturated rings.